The van der Waals surface area contributed by atoms with Gasteiger partial charge in [-0.25, -0.2) is 4.79 Å². The Hall–Kier alpha value is -1.59. The summed E-state index contributed by atoms with van der Waals surface area (Å²) in [5, 5.41) is 11.5. The molecule has 0 rings (SSSR count). The van der Waals surface area contributed by atoms with E-state index in [4.69, 9.17) is 10.8 Å². The van der Waals surface area contributed by atoms with E-state index in [-0.39, 0.29) is 18.7 Å². The molecule has 6 heteroatoms. The van der Waals surface area contributed by atoms with Crippen LogP contribution < -0.4 is 11.1 Å². The Balaban J connectivity index is 3.57. The normalized spacial score (nSPS) is 12.1. The third kappa shape index (κ3) is 15.9. The molecule has 0 aliphatic heterocycles. The van der Waals surface area contributed by atoms with Gasteiger partial charge in [0.05, 0.1) is 0 Å². The van der Waals surface area contributed by atoms with E-state index in [9.17, 15) is 14.4 Å². The lowest BCUT2D eigenvalue weighted by Crippen LogP contribution is -2.41. The second kappa shape index (κ2) is 15.6. The predicted molar refractivity (Wildman–Crippen MR) is 104 cm³/mol. The smallest absolute Gasteiger partial charge is 0.326 e. The summed E-state index contributed by atoms with van der Waals surface area (Å²) in [6.07, 6.45) is 12.2. The molecular formula is C20H38N2O4. The number of unbranched alkanes of at least 4 members (excludes halogenated alkanes) is 8. The molecule has 0 aromatic rings. The van der Waals surface area contributed by atoms with Gasteiger partial charge >= 0.3 is 5.97 Å². The summed E-state index contributed by atoms with van der Waals surface area (Å²) >= 11 is 0. The van der Waals surface area contributed by atoms with Gasteiger partial charge in [-0.3, -0.25) is 9.59 Å². The summed E-state index contributed by atoms with van der Waals surface area (Å²) in [5.41, 5.74) is 5.01. The highest BCUT2D eigenvalue weighted by Gasteiger charge is 2.20. The van der Waals surface area contributed by atoms with E-state index in [2.05, 4.69) is 19.2 Å². The molecule has 0 heterocycles. The number of nitrogens with one attached hydrogen (secondary N) is 1. The van der Waals surface area contributed by atoms with Gasteiger partial charge in [-0.1, -0.05) is 71.6 Å². The Morgan fingerprint density at radius 1 is 0.808 bits per heavy atom. The first-order valence-electron chi connectivity index (χ1n) is 10.1. The highest BCUT2D eigenvalue weighted by atomic mass is 16.4. The predicted octanol–water partition coefficient (Wildman–Crippen LogP) is 3.77. The maximum Gasteiger partial charge on any atom is 0.326 e. The zero-order chi connectivity index (χ0) is 19.8. The lowest BCUT2D eigenvalue weighted by Gasteiger charge is -2.13. The molecule has 0 spiro atoms. The summed E-state index contributed by atoms with van der Waals surface area (Å²) in [6.45, 7) is 4.53. The molecule has 4 N–H and O–H groups in total. The topological polar surface area (TPSA) is 109 Å². The number of carboxylic acids is 1. The molecule has 2 amide bonds. The van der Waals surface area contributed by atoms with Crippen LogP contribution in [-0.2, 0) is 14.4 Å². The zero-order valence-corrected chi connectivity index (χ0v) is 16.6. The molecule has 0 saturated heterocycles. The van der Waals surface area contributed by atoms with E-state index in [0.717, 1.165) is 25.2 Å². The molecule has 1 atom stereocenters. The third-order valence-electron chi connectivity index (χ3n) is 4.50. The molecule has 0 aliphatic carbocycles. The van der Waals surface area contributed by atoms with E-state index < -0.39 is 17.9 Å². The van der Waals surface area contributed by atoms with Crippen LogP contribution in [0.15, 0.2) is 0 Å². The van der Waals surface area contributed by atoms with Gasteiger partial charge in [-0.05, 0) is 18.8 Å². The first kappa shape index (κ1) is 24.4. The van der Waals surface area contributed by atoms with Crippen LogP contribution in [0.3, 0.4) is 0 Å². The summed E-state index contributed by atoms with van der Waals surface area (Å²) in [5.74, 6) is -1.16. The van der Waals surface area contributed by atoms with E-state index in [1.807, 2.05) is 0 Å². The second-order valence-corrected chi connectivity index (χ2v) is 7.58. The fourth-order valence-corrected chi connectivity index (χ4v) is 2.89. The van der Waals surface area contributed by atoms with Crippen molar-refractivity contribution in [1.82, 2.24) is 5.32 Å². The van der Waals surface area contributed by atoms with Crippen molar-refractivity contribution in [1.29, 1.82) is 0 Å². The van der Waals surface area contributed by atoms with Crippen molar-refractivity contribution in [3.8, 4) is 0 Å². The number of carbonyl (C=O) groups is 3. The molecule has 0 aromatic carbocycles. The monoisotopic (exact) mass is 370 g/mol. The molecule has 0 fully saturated rings. The number of aliphatic carboxylic acids is 1. The van der Waals surface area contributed by atoms with Gasteiger partial charge in [-0.2, -0.15) is 0 Å². The lowest BCUT2D eigenvalue weighted by molar-refractivity contribution is -0.142. The second-order valence-electron chi connectivity index (χ2n) is 7.58. The number of primary amides is 1. The quantitative estimate of drug-likeness (QED) is 0.339. The minimum Gasteiger partial charge on any atom is -0.480 e. The fourth-order valence-electron chi connectivity index (χ4n) is 2.89. The molecule has 0 unspecified atom stereocenters. The first-order valence-corrected chi connectivity index (χ1v) is 10.1. The minimum atomic E-state index is -1.13. The van der Waals surface area contributed by atoms with Gasteiger partial charge < -0.3 is 16.2 Å². The van der Waals surface area contributed by atoms with Crippen LogP contribution in [0.4, 0.5) is 0 Å². The molecule has 0 aromatic heterocycles. The molecule has 0 radical (unpaired) electrons. The Bertz CT molecular complexity index is 411. The van der Waals surface area contributed by atoms with Crippen LogP contribution in [-0.4, -0.2) is 28.9 Å². The van der Waals surface area contributed by atoms with Crippen molar-refractivity contribution in [2.24, 2.45) is 11.7 Å². The molecular weight excluding hydrogens is 332 g/mol. The maximum absolute atomic E-state index is 11.8. The van der Waals surface area contributed by atoms with Gasteiger partial charge in [0.15, 0.2) is 0 Å². The largest absolute Gasteiger partial charge is 0.480 e. The number of hydrogen-bond acceptors (Lipinski definition) is 3. The van der Waals surface area contributed by atoms with Crippen LogP contribution >= 0.6 is 0 Å². The van der Waals surface area contributed by atoms with Crippen molar-refractivity contribution >= 4 is 17.8 Å². The van der Waals surface area contributed by atoms with Crippen molar-refractivity contribution in [3.63, 3.8) is 0 Å². The number of nitrogens with two attached hydrogens (primary N) is 1. The van der Waals surface area contributed by atoms with Crippen molar-refractivity contribution in [3.05, 3.63) is 0 Å². The van der Waals surface area contributed by atoms with E-state index in [1.165, 1.54) is 44.9 Å². The Morgan fingerprint density at radius 2 is 1.31 bits per heavy atom. The summed E-state index contributed by atoms with van der Waals surface area (Å²) in [7, 11) is 0. The average molecular weight is 371 g/mol. The molecule has 0 bridgehead atoms. The first-order chi connectivity index (χ1) is 12.3. The molecule has 0 aliphatic rings. The summed E-state index contributed by atoms with van der Waals surface area (Å²) in [4.78, 5) is 33.6. The summed E-state index contributed by atoms with van der Waals surface area (Å²) in [6, 6.07) is -1.04. The fraction of sp³-hybridized carbons (Fsp3) is 0.850. The zero-order valence-electron chi connectivity index (χ0n) is 16.6. The maximum atomic E-state index is 11.8. The molecule has 152 valence electrons. The highest BCUT2D eigenvalue weighted by molar-refractivity contribution is 5.84. The molecule has 0 saturated carbocycles. The Kier molecular flexibility index (Phi) is 14.7. The van der Waals surface area contributed by atoms with Crippen LogP contribution in [0.1, 0.15) is 97.3 Å². The Morgan fingerprint density at radius 3 is 1.77 bits per heavy atom. The number of carboxylic acid groups (broad SMARTS) is 1. The van der Waals surface area contributed by atoms with Gasteiger partial charge in [-0.15, -0.1) is 0 Å². The van der Waals surface area contributed by atoms with Crippen LogP contribution in [0.2, 0.25) is 0 Å². The number of carbonyl (C=O) groups excluding carboxylic acids is 2. The molecule has 6 nitrogen and oxygen atoms in total. The minimum absolute atomic E-state index is 0.0353. The van der Waals surface area contributed by atoms with E-state index >= 15 is 0 Å². The van der Waals surface area contributed by atoms with Gasteiger partial charge in [0.1, 0.15) is 6.04 Å². The average Bonchev–Trinajstić information content (AvgIpc) is 2.55. The third-order valence-corrected chi connectivity index (χ3v) is 4.50. The van der Waals surface area contributed by atoms with Gasteiger partial charge in [0, 0.05) is 12.8 Å². The summed E-state index contributed by atoms with van der Waals surface area (Å²) < 4.78 is 0. The van der Waals surface area contributed by atoms with Crippen LogP contribution in [0.5, 0.6) is 0 Å². The van der Waals surface area contributed by atoms with Gasteiger partial charge in [0.2, 0.25) is 11.8 Å². The van der Waals surface area contributed by atoms with E-state index in [1.54, 1.807) is 0 Å². The van der Waals surface area contributed by atoms with Crippen molar-refractivity contribution in [2.45, 2.75) is 103 Å². The molecule has 26 heavy (non-hydrogen) atoms. The SMILES string of the molecule is CC(C)CCCCCCCCCCCC(=O)N[C@@H](CCC(N)=O)C(=O)O. The van der Waals surface area contributed by atoms with E-state index in [0.29, 0.717) is 6.42 Å². The van der Waals surface area contributed by atoms with Gasteiger partial charge in [0.25, 0.3) is 0 Å². The number of rotatable bonds is 17. The van der Waals surface area contributed by atoms with Crippen molar-refractivity contribution in [2.75, 3.05) is 0 Å². The lowest BCUT2D eigenvalue weighted by atomic mass is 10.0. The van der Waals surface area contributed by atoms with Crippen LogP contribution in [0, 0.1) is 5.92 Å². The standard InChI is InChI=1S/C20H38N2O4/c1-16(2)12-10-8-6-4-3-5-7-9-11-13-19(24)22-17(20(25)26)14-15-18(21)23/h16-17H,3-15H2,1-2H3,(H2,21,23)(H,22,24)(H,25,26)/t17-/m0/s1. The highest BCUT2D eigenvalue weighted by Crippen LogP contribution is 2.13. The van der Waals surface area contributed by atoms with Crippen LogP contribution in [0.25, 0.3) is 0 Å². The number of amides is 2. The number of hydrogen-bond donors (Lipinski definition) is 3. The Labute approximate surface area is 158 Å². The van der Waals surface area contributed by atoms with Crippen molar-refractivity contribution < 1.29 is 19.5 Å².